The quantitative estimate of drug-likeness (QED) is 0.397. The monoisotopic (exact) mass is 297 g/mol. The zero-order valence-corrected chi connectivity index (χ0v) is 11.1. The number of carbonyl (C=O) groups excluding carboxylic acids is 1. The minimum atomic E-state index is -0.0681. The maximum atomic E-state index is 10.9. The van der Waals surface area contributed by atoms with Gasteiger partial charge < -0.3 is 0 Å². The van der Waals surface area contributed by atoms with Crippen molar-refractivity contribution in [3.8, 4) is 0 Å². The molecule has 0 aliphatic heterocycles. The number of aromatic nitrogens is 2. The fourth-order valence-corrected chi connectivity index (χ4v) is 1.79. The molecule has 0 amide bonds. The summed E-state index contributed by atoms with van der Waals surface area (Å²) in [5, 5.41) is -0.0952. The Balaban J connectivity index is 2.05. The van der Waals surface area contributed by atoms with E-state index in [4.69, 9.17) is 28.0 Å². The molecule has 0 saturated carbocycles. The Morgan fingerprint density at radius 3 is 2.63 bits per heavy atom. The van der Waals surface area contributed by atoms with Crippen molar-refractivity contribution in [2.75, 3.05) is 5.48 Å². The van der Waals surface area contributed by atoms with E-state index in [1.165, 1.54) is 0 Å². The predicted octanol–water partition coefficient (Wildman–Crippen LogP) is 3.14. The van der Waals surface area contributed by atoms with E-state index in [1.54, 1.807) is 0 Å². The van der Waals surface area contributed by atoms with Crippen LogP contribution in [0.5, 0.6) is 0 Å². The molecule has 2 rings (SSSR count). The van der Waals surface area contributed by atoms with Crippen LogP contribution in [0.25, 0.3) is 0 Å². The third kappa shape index (κ3) is 3.64. The lowest BCUT2D eigenvalue weighted by Gasteiger charge is -2.09. The van der Waals surface area contributed by atoms with E-state index in [1.807, 2.05) is 30.3 Å². The van der Waals surface area contributed by atoms with Crippen molar-refractivity contribution in [1.82, 2.24) is 9.97 Å². The van der Waals surface area contributed by atoms with Crippen molar-refractivity contribution < 1.29 is 9.63 Å². The summed E-state index contributed by atoms with van der Waals surface area (Å²) >= 11 is 11.4. The molecule has 0 aliphatic rings. The van der Waals surface area contributed by atoms with E-state index < -0.39 is 0 Å². The average Bonchev–Trinajstić information content (AvgIpc) is 2.39. The fraction of sp³-hybridized carbons (Fsp3) is 0.0833. The smallest absolute Gasteiger partial charge is 0.225 e. The number of aldehydes is 1. The van der Waals surface area contributed by atoms with E-state index in [-0.39, 0.29) is 21.8 Å². The van der Waals surface area contributed by atoms with Gasteiger partial charge in [-0.15, -0.1) is 0 Å². The highest BCUT2D eigenvalue weighted by Gasteiger charge is 2.11. The maximum Gasteiger partial charge on any atom is 0.225 e. The first-order valence-corrected chi connectivity index (χ1v) is 6.06. The number of benzene rings is 1. The maximum absolute atomic E-state index is 10.9. The molecule has 98 valence electrons. The van der Waals surface area contributed by atoms with Gasteiger partial charge in [-0.3, -0.25) is 9.63 Å². The Kier molecular flexibility index (Phi) is 4.68. The van der Waals surface area contributed by atoms with Gasteiger partial charge in [-0.2, -0.15) is 4.98 Å². The average molecular weight is 298 g/mol. The minimum absolute atomic E-state index is 0.0270. The fourth-order valence-electron chi connectivity index (χ4n) is 1.36. The summed E-state index contributed by atoms with van der Waals surface area (Å²) in [6.07, 6.45) is 0.535. The van der Waals surface area contributed by atoms with Gasteiger partial charge >= 0.3 is 0 Å². The Morgan fingerprint density at radius 1 is 1.21 bits per heavy atom. The number of carbonyl (C=O) groups is 1. The molecular weight excluding hydrogens is 289 g/mol. The molecule has 0 atom stereocenters. The Bertz CT molecular complexity index is 579. The summed E-state index contributed by atoms with van der Waals surface area (Å²) in [5.74, 6) is 0.135. The van der Waals surface area contributed by atoms with Crippen molar-refractivity contribution in [2.24, 2.45) is 0 Å². The van der Waals surface area contributed by atoms with E-state index >= 15 is 0 Å². The third-order valence-electron chi connectivity index (χ3n) is 2.24. The number of nitrogens with one attached hydrogen (secondary N) is 1. The van der Waals surface area contributed by atoms with E-state index in [0.717, 1.165) is 5.56 Å². The van der Waals surface area contributed by atoms with Gasteiger partial charge in [0.1, 0.15) is 5.15 Å². The van der Waals surface area contributed by atoms with Gasteiger partial charge in [0.05, 0.1) is 12.2 Å². The number of hydrogen-bond acceptors (Lipinski definition) is 5. The molecule has 0 radical (unpaired) electrons. The topological polar surface area (TPSA) is 64.1 Å². The van der Waals surface area contributed by atoms with Crippen LogP contribution in [0.2, 0.25) is 10.4 Å². The van der Waals surface area contributed by atoms with Crippen LogP contribution in [0.1, 0.15) is 15.9 Å². The lowest BCUT2D eigenvalue weighted by molar-refractivity contribution is 0.112. The third-order valence-corrected chi connectivity index (χ3v) is 2.70. The Morgan fingerprint density at radius 2 is 1.95 bits per heavy atom. The molecule has 0 aliphatic carbocycles. The van der Waals surface area contributed by atoms with Crippen LogP contribution in [0.4, 0.5) is 5.82 Å². The lowest BCUT2D eigenvalue weighted by atomic mass is 10.2. The summed E-state index contributed by atoms with van der Waals surface area (Å²) in [7, 11) is 0. The molecule has 1 heterocycles. The second kappa shape index (κ2) is 6.47. The molecule has 2 aromatic rings. The molecule has 0 fully saturated rings. The number of halogens is 2. The summed E-state index contributed by atoms with van der Waals surface area (Å²) in [6.45, 7) is 0.304. The summed E-state index contributed by atoms with van der Waals surface area (Å²) < 4.78 is 0. The van der Waals surface area contributed by atoms with Crippen molar-refractivity contribution in [1.29, 1.82) is 0 Å². The highest BCUT2D eigenvalue weighted by atomic mass is 35.5. The number of nitrogens with zero attached hydrogens (tertiary/aromatic N) is 2. The number of rotatable bonds is 5. The van der Waals surface area contributed by atoms with Gasteiger partial charge in [0.15, 0.2) is 12.1 Å². The molecule has 1 N–H and O–H groups in total. The highest BCUT2D eigenvalue weighted by molar-refractivity contribution is 6.34. The van der Waals surface area contributed by atoms with Crippen LogP contribution >= 0.6 is 23.2 Å². The van der Waals surface area contributed by atoms with Crippen molar-refractivity contribution >= 4 is 35.3 Å². The van der Waals surface area contributed by atoms with Gasteiger partial charge in [0.2, 0.25) is 5.28 Å². The molecule has 19 heavy (non-hydrogen) atoms. The van der Waals surface area contributed by atoms with Crippen LogP contribution in [-0.4, -0.2) is 16.3 Å². The second-order valence-electron chi connectivity index (χ2n) is 3.54. The first-order chi connectivity index (χ1) is 9.20. The SMILES string of the molecule is O=Cc1c(Cl)nc(Cl)nc1NOCc1ccccc1. The van der Waals surface area contributed by atoms with Crippen LogP contribution in [0.15, 0.2) is 30.3 Å². The Hall–Kier alpha value is -1.69. The molecule has 1 aromatic heterocycles. The van der Waals surface area contributed by atoms with Crippen molar-refractivity contribution in [3.05, 3.63) is 51.9 Å². The molecule has 0 bridgehead atoms. The van der Waals surface area contributed by atoms with Crippen molar-refractivity contribution in [3.63, 3.8) is 0 Å². The van der Waals surface area contributed by atoms with Crippen molar-refractivity contribution in [2.45, 2.75) is 6.61 Å². The standard InChI is InChI=1S/C12H9Cl2N3O2/c13-10-9(6-18)11(16-12(14)15-10)17-19-7-8-4-2-1-3-5-8/h1-6H,7H2,(H,15,16,17). The second-order valence-corrected chi connectivity index (χ2v) is 4.24. The van der Waals surface area contributed by atoms with Gasteiger partial charge in [0, 0.05) is 0 Å². The zero-order valence-electron chi connectivity index (χ0n) is 9.64. The van der Waals surface area contributed by atoms with Crippen LogP contribution in [-0.2, 0) is 11.4 Å². The lowest BCUT2D eigenvalue weighted by Crippen LogP contribution is -2.07. The first-order valence-electron chi connectivity index (χ1n) is 5.30. The van der Waals surface area contributed by atoms with E-state index in [9.17, 15) is 4.79 Å². The van der Waals surface area contributed by atoms with E-state index in [2.05, 4.69) is 15.4 Å². The molecule has 0 saturated heterocycles. The van der Waals surface area contributed by atoms with Crippen LogP contribution < -0.4 is 5.48 Å². The Labute approximate surface area is 119 Å². The zero-order chi connectivity index (χ0) is 13.7. The molecule has 5 nitrogen and oxygen atoms in total. The van der Waals surface area contributed by atoms with Crippen LogP contribution in [0.3, 0.4) is 0 Å². The normalized spacial score (nSPS) is 10.2. The largest absolute Gasteiger partial charge is 0.298 e. The summed E-state index contributed by atoms with van der Waals surface area (Å²) in [6, 6.07) is 9.51. The van der Waals surface area contributed by atoms with Gasteiger partial charge in [0.25, 0.3) is 0 Å². The number of hydrogen-bond donors (Lipinski definition) is 1. The molecule has 0 unspecified atom stereocenters. The van der Waals surface area contributed by atoms with Gasteiger partial charge in [-0.05, 0) is 17.2 Å². The summed E-state index contributed by atoms with van der Waals surface area (Å²) in [4.78, 5) is 23.6. The molecule has 0 spiro atoms. The van der Waals surface area contributed by atoms with Crippen LogP contribution in [0, 0.1) is 0 Å². The predicted molar refractivity (Wildman–Crippen MR) is 72.3 cm³/mol. The highest BCUT2D eigenvalue weighted by Crippen LogP contribution is 2.21. The van der Waals surface area contributed by atoms with Gasteiger partial charge in [-0.25, -0.2) is 10.5 Å². The minimum Gasteiger partial charge on any atom is -0.298 e. The van der Waals surface area contributed by atoms with Gasteiger partial charge in [-0.1, -0.05) is 41.9 Å². The van der Waals surface area contributed by atoms with E-state index in [0.29, 0.717) is 12.9 Å². The first kappa shape index (κ1) is 13.7. The number of anilines is 1. The summed E-state index contributed by atoms with van der Waals surface area (Å²) in [5.41, 5.74) is 3.61. The molecular formula is C12H9Cl2N3O2. The molecule has 1 aromatic carbocycles. The molecule has 7 heteroatoms.